The highest BCUT2D eigenvalue weighted by Gasteiger charge is 2.45. The average molecular weight is 429 g/mol. The molecule has 2 aliphatic rings. The third-order valence-electron chi connectivity index (χ3n) is 5.08. The van der Waals surface area contributed by atoms with Gasteiger partial charge in [0.05, 0.1) is 24.3 Å². The summed E-state index contributed by atoms with van der Waals surface area (Å²) in [7, 11) is 0. The lowest BCUT2D eigenvalue weighted by Gasteiger charge is -2.27. The predicted octanol–water partition coefficient (Wildman–Crippen LogP) is 1.39. The van der Waals surface area contributed by atoms with Crippen LogP contribution < -0.4 is 15.4 Å². The van der Waals surface area contributed by atoms with Gasteiger partial charge in [0.2, 0.25) is 11.8 Å². The molecule has 0 aliphatic carbocycles. The first-order valence-electron chi connectivity index (χ1n) is 10.4. The van der Waals surface area contributed by atoms with E-state index in [9.17, 15) is 19.2 Å². The molecule has 2 aliphatic heterocycles. The molecule has 2 N–H and O–H groups in total. The third-order valence-corrected chi connectivity index (χ3v) is 5.08. The van der Waals surface area contributed by atoms with Crippen molar-refractivity contribution in [2.45, 2.75) is 39.2 Å². The number of ether oxygens (including phenoxy) is 2. The molecule has 9 nitrogen and oxygen atoms in total. The van der Waals surface area contributed by atoms with Gasteiger partial charge in [-0.3, -0.25) is 29.4 Å². The maximum absolute atomic E-state index is 13.0. The Kier molecular flexibility index (Phi) is 7.41. The summed E-state index contributed by atoms with van der Waals surface area (Å²) in [6.07, 6.45) is 3.25. The molecular formula is C22H27N3O6. The Balaban J connectivity index is 1.56. The zero-order valence-corrected chi connectivity index (χ0v) is 17.7. The highest BCUT2D eigenvalue weighted by atomic mass is 16.5. The number of benzene rings is 1. The van der Waals surface area contributed by atoms with E-state index in [1.54, 1.807) is 12.1 Å². The number of amides is 4. The Hall–Kier alpha value is -3.20. The van der Waals surface area contributed by atoms with Gasteiger partial charge >= 0.3 is 0 Å². The van der Waals surface area contributed by atoms with Crippen LogP contribution in [0.2, 0.25) is 0 Å². The largest absolute Gasteiger partial charge is 0.490 e. The molecule has 9 heteroatoms. The zero-order chi connectivity index (χ0) is 22.4. The quantitative estimate of drug-likeness (QED) is 0.427. The number of nitrogens with zero attached hydrogens (tertiary/aromatic N) is 1. The van der Waals surface area contributed by atoms with E-state index >= 15 is 0 Å². The van der Waals surface area contributed by atoms with Crippen LogP contribution in [0.15, 0.2) is 30.0 Å². The maximum Gasteiger partial charge on any atom is 0.266 e. The topological polar surface area (TPSA) is 114 Å². The number of imide groups is 2. The van der Waals surface area contributed by atoms with Crippen LogP contribution in [0.5, 0.6) is 5.75 Å². The molecule has 0 radical (unpaired) electrons. The van der Waals surface area contributed by atoms with Crippen molar-refractivity contribution in [3.8, 4) is 5.75 Å². The molecule has 0 bridgehead atoms. The number of hydrogen-bond donors (Lipinski definition) is 2. The van der Waals surface area contributed by atoms with Crippen molar-refractivity contribution < 1.29 is 28.7 Å². The van der Waals surface area contributed by atoms with Crippen molar-refractivity contribution in [2.75, 3.05) is 26.4 Å². The Morgan fingerprint density at radius 2 is 2.00 bits per heavy atom. The van der Waals surface area contributed by atoms with Gasteiger partial charge in [0, 0.05) is 18.7 Å². The van der Waals surface area contributed by atoms with Gasteiger partial charge < -0.3 is 14.8 Å². The summed E-state index contributed by atoms with van der Waals surface area (Å²) in [5.74, 6) is -1.92. The molecule has 0 spiro atoms. The van der Waals surface area contributed by atoms with Crippen molar-refractivity contribution in [1.82, 2.24) is 15.5 Å². The Labute approximate surface area is 180 Å². The number of carbonyl (C=O) groups is 4. The summed E-state index contributed by atoms with van der Waals surface area (Å²) in [6, 6.07) is 3.76. The van der Waals surface area contributed by atoms with Crippen LogP contribution in [0.3, 0.4) is 0 Å². The van der Waals surface area contributed by atoms with E-state index in [0.29, 0.717) is 19.8 Å². The molecule has 2 heterocycles. The summed E-state index contributed by atoms with van der Waals surface area (Å²) < 4.78 is 11.2. The highest BCUT2D eigenvalue weighted by molar-refractivity contribution is 6.24. The van der Waals surface area contributed by atoms with Crippen LogP contribution in [0.1, 0.15) is 53.8 Å². The van der Waals surface area contributed by atoms with Crippen LogP contribution in [-0.4, -0.2) is 60.9 Å². The molecule has 1 atom stereocenters. The zero-order valence-electron chi connectivity index (χ0n) is 17.7. The molecular weight excluding hydrogens is 402 g/mol. The normalized spacial score (nSPS) is 18.8. The maximum atomic E-state index is 13.0. The first-order chi connectivity index (χ1) is 14.9. The standard InChI is InChI=1S/C22H27N3O6/c1-3-5-14(2)23-10-11-30-12-13-31-17-7-4-6-15-19(17)22(29)25(21(15)28)16-8-9-18(26)24-20(16)27/h4-7,16,23H,3,8-13H2,1-2H3,(H,24,26,27)/b14-5+. The summed E-state index contributed by atoms with van der Waals surface area (Å²) in [5, 5.41) is 5.41. The van der Waals surface area contributed by atoms with E-state index < -0.39 is 29.7 Å². The summed E-state index contributed by atoms with van der Waals surface area (Å²) in [6.45, 7) is 5.78. The second kappa shape index (κ2) is 10.2. The van der Waals surface area contributed by atoms with Gasteiger partial charge in [-0.05, 0) is 31.9 Å². The number of rotatable bonds is 10. The number of piperidine rings is 1. The molecule has 1 unspecified atom stereocenters. The molecule has 1 fully saturated rings. The van der Waals surface area contributed by atoms with Gasteiger partial charge in [0.15, 0.2) is 0 Å². The molecule has 4 amide bonds. The van der Waals surface area contributed by atoms with Crippen LogP contribution in [0.25, 0.3) is 0 Å². The first kappa shape index (κ1) is 22.5. The molecule has 0 aromatic heterocycles. The third kappa shape index (κ3) is 5.11. The summed E-state index contributed by atoms with van der Waals surface area (Å²) in [4.78, 5) is 50.2. The van der Waals surface area contributed by atoms with Gasteiger partial charge in [-0.15, -0.1) is 0 Å². The minimum absolute atomic E-state index is 0.0765. The van der Waals surface area contributed by atoms with Crippen molar-refractivity contribution in [2.24, 2.45) is 0 Å². The lowest BCUT2D eigenvalue weighted by Crippen LogP contribution is -2.54. The molecule has 1 aromatic carbocycles. The molecule has 3 rings (SSSR count). The van der Waals surface area contributed by atoms with Crippen molar-refractivity contribution in [3.63, 3.8) is 0 Å². The van der Waals surface area contributed by atoms with Gasteiger partial charge in [0.25, 0.3) is 11.8 Å². The van der Waals surface area contributed by atoms with Crippen LogP contribution in [-0.2, 0) is 14.3 Å². The van der Waals surface area contributed by atoms with Crippen LogP contribution >= 0.6 is 0 Å². The van der Waals surface area contributed by atoms with E-state index in [4.69, 9.17) is 9.47 Å². The van der Waals surface area contributed by atoms with Gasteiger partial charge in [0.1, 0.15) is 18.4 Å². The van der Waals surface area contributed by atoms with Gasteiger partial charge in [-0.25, -0.2) is 0 Å². The molecule has 166 valence electrons. The SMILES string of the molecule is CC/C=C(\C)NCCOCCOc1cccc2c1C(=O)N(C1CCC(=O)NC1=O)C2=O. The van der Waals surface area contributed by atoms with E-state index in [1.165, 1.54) is 6.07 Å². The van der Waals surface area contributed by atoms with E-state index in [2.05, 4.69) is 23.6 Å². The van der Waals surface area contributed by atoms with Gasteiger partial charge in [-0.2, -0.15) is 0 Å². The average Bonchev–Trinajstić information content (AvgIpc) is 2.99. The Morgan fingerprint density at radius 3 is 2.74 bits per heavy atom. The Morgan fingerprint density at radius 1 is 1.19 bits per heavy atom. The van der Waals surface area contributed by atoms with Crippen LogP contribution in [0.4, 0.5) is 0 Å². The van der Waals surface area contributed by atoms with Gasteiger partial charge in [-0.1, -0.05) is 19.1 Å². The fraction of sp³-hybridized carbons (Fsp3) is 0.455. The van der Waals surface area contributed by atoms with Crippen molar-refractivity contribution in [1.29, 1.82) is 0 Å². The number of nitrogens with one attached hydrogen (secondary N) is 2. The minimum Gasteiger partial charge on any atom is -0.490 e. The smallest absolute Gasteiger partial charge is 0.266 e. The second-order valence-corrected chi connectivity index (χ2v) is 7.31. The first-order valence-corrected chi connectivity index (χ1v) is 10.4. The molecule has 31 heavy (non-hydrogen) atoms. The highest BCUT2D eigenvalue weighted by Crippen LogP contribution is 2.33. The number of allylic oxidation sites excluding steroid dienone is 2. The molecule has 1 saturated heterocycles. The predicted molar refractivity (Wildman–Crippen MR) is 111 cm³/mol. The lowest BCUT2D eigenvalue weighted by atomic mass is 10.0. The van der Waals surface area contributed by atoms with Crippen LogP contribution in [0, 0.1) is 0 Å². The fourth-order valence-electron chi connectivity index (χ4n) is 3.62. The number of carbonyl (C=O) groups excluding carboxylic acids is 4. The molecule has 1 aromatic rings. The summed E-state index contributed by atoms with van der Waals surface area (Å²) in [5.41, 5.74) is 1.43. The monoisotopic (exact) mass is 429 g/mol. The second-order valence-electron chi connectivity index (χ2n) is 7.31. The Bertz CT molecular complexity index is 911. The number of fused-ring (bicyclic) bond motifs is 1. The van der Waals surface area contributed by atoms with Crippen molar-refractivity contribution >= 4 is 23.6 Å². The van der Waals surface area contributed by atoms with Crippen molar-refractivity contribution in [3.05, 3.63) is 41.1 Å². The van der Waals surface area contributed by atoms with E-state index in [1.807, 2.05) is 6.92 Å². The lowest BCUT2D eigenvalue weighted by molar-refractivity contribution is -0.136. The molecule has 0 saturated carbocycles. The fourth-order valence-corrected chi connectivity index (χ4v) is 3.62. The summed E-state index contributed by atoms with van der Waals surface area (Å²) >= 11 is 0. The minimum atomic E-state index is -1.00. The van der Waals surface area contributed by atoms with E-state index in [0.717, 1.165) is 17.0 Å². The number of hydrogen-bond acceptors (Lipinski definition) is 7. The van der Waals surface area contributed by atoms with E-state index in [-0.39, 0.29) is 36.3 Å².